The summed E-state index contributed by atoms with van der Waals surface area (Å²) in [6, 6.07) is 16.7. The van der Waals surface area contributed by atoms with Crippen molar-refractivity contribution in [1.29, 1.82) is 0 Å². The van der Waals surface area contributed by atoms with Gasteiger partial charge in [0, 0.05) is 11.1 Å². The Hall–Kier alpha value is -2.48. The maximum Gasteiger partial charge on any atom is 0.134 e. The zero-order valence-corrected chi connectivity index (χ0v) is 16.3. The van der Waals surface area contributed by atoms with E-state index in [9.17, 15) is 8.78 Å². The van der Waals surface area contributed by atoms with E-state index >= 15 is 0 Å². The normalized spacial score (nSPS) is 11.0. The van der Waals surface area contributed by atoms with Gasteiger partial charge in [-0.25, -0.2) is 8.78 Å². The molecule has 0 heterocycles. The van der Waals surface area contributed by atoms with Crippen molar-refractivity contribution in [1.82, 2.24) is 0 Å². The molecular formula is C25H26F2. The molecule has 0 aliphatic rings. The third-order valence-electron chi connectivity index (χ3n) is 5.24. The molecule has 0 saturated carbocycles. The van der Waals surface area contributed by atoms with Crippen molar-refractivity contribution in [3.63, 3.8) is 0 Å². The van der Waals surface area contributed by atoms with Crippen LogP contribution >= 0.6 is 0 Å². The van der Waals surface area contributed by atoms with Crippen molar-refractivity contribution < 1.29 is 8.78 Å². The number of rotatable bonds is 6. The first-order valence-electron chi connectivity index (χ1n) is 9.72. The molecule has 0 fully saturated rings. The van der Waals surface area contributed by atoms with Gasteiger partial charge in [0.15, 0.2) is 0 Å². The average molecular weight is 364 g/mol. The van der Waals surface area contributed by atoms with E-state index < -0.39 is 0 Å². The minimum Gasteiger partial charge on any atom is -0.206 e. The Kier molecular flexibility index (Phi) is 6.05. The predicted molar refractivity (Wildman–Crippen MR) is 110 cm³/mol. The minimum atomic E-state index is -0.328. The molecule has 0 radical (unpaired) electrons. The molecule has 0 unspecified atom stereocenters. The van der Waals surface area contributed by atoms with Crippen LogP contribution in [0, 0.1) is 18.6 Å². The Morgan fingerprint density at radius 2 is 1.44 bits per heavy atom. The van der Waals surface area contributed by atoms with Crippen LogP contribution in [0.4, 0.5) is 8.78 Å². The second-order valence-corrected chi connectivity index (χ2v) is 7.06. The zero-order valence-electron chi connectivity index (χ0n) is 16.3. The molecule has 0 spiro atoms. The standard InChI is InChI=1S/C25H26F2/c1-4-6-7-18-8-10-20(11-9-18)22-14-13-21(16-24(22)26)23-15-12-19(5-2)17(3)25(23)27/h8-16H,4-7H2,1-3H3. The molecule has 0 aliphatic carbocycles. The fourth-order valence-electron chi connectivity index (χ4n) is 3.48. The fraction of sp³-hybridized carbons (Fsp3) is 0.280. The summed E-state index contributed by atoms with van der Waals surface area (Å²) in [5, 5.41) is 0. The summed E-state index contributed by atoms with van der Waals surface area (Å²) in [4.78, 5) is 0. The van der Waals surface area contributed by atoms with Crippen molar-refractivity contribution in [3.05, 3.63) is 82.9 Å². The quantitative estimate of drug-likeness (QED) is 0.424. The molecule has 140 valence electrons. The van der Waals surface area contributed by atoms with Crippen LogP contribution in [0.2, 0.25) is 0 Å². The molecule has 0 bridgehead atoms. The maximum absolute atomic E-state index is 14.8. The van der Waals surface area contributed by atoms with Crippen LogP contribution in [-0.4, -0.2) is 0 Å². The monoisotopic (exact) mass is 364 g/mol. The first-order valence-corrected chi connectivity index (χ1v) is 9.72. The molecule has 0 atom stereocenters. The van der Waals surface area contributed by atoms with E-state index in [-0.39, 0.29) is 11.6 Å². The lowest BCUT2D eigenvalue weighted by molar-refractivity contribution is 0.617. The molecule has 0 N–H and O–H groups in total. The largest absolute Gasteiger partial charge is 0.206 e. The SMILES string of the molecule is CCCCc1ccc(-c2ccc(-c3ccc(CC)c(C)c3F)cc2F)cc1. The molecule has 0 saturated heterocycles. The summed E-state index contributed by atoms with van der Waals surface area (Å²) in [6.45, 7) is 5.96. The lowest BCUT2D eigenvalue weighted by Crippen LogP contribution is -1.95. The molecule has 0 nitrogen and oxygen atoms in total. The Morgan fingerprint density at radius 1 is 0.778 bits per heavy atom. The number of benzene rings is 3. The Bertz CT molecular complexity index is 924. The summed E-state index contributed by atoms with van der Waals surface area (Å²) in [6.07, 6.45) is 4.15. The topological polar surface area (TPSA) is 0 Å². The van der Waals surface area contributed by atoms with Gasteiger partial charge in [0.05, 0.1) is 0 Å². The van der Waals surface area contributed by atoms with E-state index in [2.05, 4.69) is 19.1 Å². The van der Waals surface area contributed by atoms with Crippen molar-refractivity contribution in [2.24, 2.45) is 0 Å². The highest BCUT2D eigenvalue weighted by molar-refractivity contribution is 5.72. The lowest BCUT2D eigenvalue weighted by Gasteiger charge is -2.12. The first-order chi connectivity index (χ1) is 13.0. The molecule has 0 aromatic heterocycles. The summed E-state index contributed by atoms with van der Waals surface area (Å²) >= 11 is 0. The second-order valence-electron chi connectivity index (χ2n) is 7.06. The lowest BCUT2D eigenvalue weighted by atomic mass is 9.95. The molecule has 27 heavy (non-hydrogen) atoms. The van der Waals surface area contributed by atoms with Crippen LogP contribution in [0.15, 0.2) is 54.6 Å². The van der Waals surface area contributed by atoms with E-state index in [0.29, 0.717) is 22.3 Å². The predicted octanol–water partition coefficient (Wildman–Crippen LogP) is 7.51. The van der Waals surface area contributed by atoms with Crippen molar-refractivity contribution in [2.75, 3.05) is 0 Å². The molecule has 3 rings (SSSR count). The Labute approximate surface area is 160 Å². The molecule has 3 aromatic rings. The van der Waals surface area contributed by atoms with Gasteiger partial charge in [-0.05, 0) is 60.1 Å². The zero-order chi connectivity index (χ0) is 19.4. The van der Waals surface area contributed by atoms with Gasteiger partial charge in [0.25, 0.3) is 0 Å². The van der Waals surface area contributed by atoms with E-state index in [1.807, 2.05) is 25.1 Å². The van der Waals surface area contributed by atoms with Gasteiger partial charge >= 0.3 is 0 Å². The van der Waals surface area contributed by atoms with Gasteiger partial charge in [-0.2, -0.15) is 0 Å². The fourth-order valence-corrected chi connectivity index (χ4v) is 3.48. The van der Waals surface area contributed by atoms with Crippen LogP contribution < -0.4 is 0 Å². The maximum atomic E-state index is 14.8. The van der Waals surface area contributed by atoms with Gasteiger partial charge in [-0.3, -0.25) is 0 Å². The van der Waals surface area contributed by atoms with Crippen LogP contribution in [0.1, 0.15) is 43.4 Å². The Balaban J connectivity index is 1.91. The van der Waals surface area contributed by atoms with Crippen molar-refractivity contribution in [2.45, 2.75) is 46.5 Å². The third kappa shape index (κ3) is 4.10. The molecule has 3 aromatic carbocycles. The number of hydrogen-bond acceptors (Lipinski definition) is 0. The van der Waals surface area contributed by atoms with Gasteiger partial charge < -0.3 is 0 Å². The highest BCUT2D eigenvalue weighted by Gasteiger charge is 2.13. The van der Waals surface area contributed by atoms with Gasteiger partial charge in [-0.15, -0.1) is 0 Å². The van der Waals surface area contributed by atoms with Crippen LogP contribution in [0.25, 0.3) is 22.3 Å². The first kappa shape index (κ1) is 19.3. The van der Waals surface area contributed by atoms with E-state index in [1.165, 1.54) is 11.6 Å². The highest BCUT2D eigenvalue weighted by atomic mass is 19.1. The summed E-state index contributed by atoms with van der Waals surface area (Å²) in [7, 11) is 0. The molecular weight excluding hydrogens is 338 g/mol. The Morgan fingerprint density at radius 3 is 2.07 bits per heavy atom. The number of halogens is 2. The van der Waals surface area contributed by atoms with E-state index in [4.69, 9.17) is 0 Å². The van der Waals surface area contributed by atoms with Gasteiger partial charge in [-0.1, -0.05) is 68.8 Å². The summed E-state index contributed by atoms with van der Waals surface area (Å²) in [5.41, 5.74) is 5.30. The number of unbranched alkanes of at least 4 members (excludes halogenated alkanes) is 1. The van der Waals surface area contributed by atoms with Crippen LogP contribution in [0.5, 0.6) is 0 Å². The number of aryl methyl sites for hydroxylation is 2. The van der Waals surface area contributed by atoms with Gasteiger partial charge in [0.1, 0.15) is 11.6 Å². The summed E-state index contributed by atoms with van der Waals surface area (Å²) < 4.78 is 29.5. The van der Waals surface area contributed by atoms with Crippen LogP contribution in [-0.2, 0) is 12.8 Å². The molecule has 0 aliphatic heterocycles. The molecule has 2 heteroatoms. The van der Waals surface area contributed by atoms with Crippen molar-refractivity contribution >= 4 is 0 Å². The van der Waals surface area contributed by atoms with Crippen LogP contribution in [0.3, 0.4) is 0 Å². The molecule has 0 amide bonds. The minimum absolute atomic E-state index is 0.262. The van der Waals surface area contributed by atoms with E-state index in [1.54, 1.807) is 25.1 Å². The highest BCUT2D eigenvalue weighted by Crippen LogP contribution is 2.31. The average Bonchev–Trinajstić information content (AvgIpc) is 2.69. The second kappa shape index (κ2) is 8.47. The number of hydrogen-bond donors (Lipinski definition) is 0. The summed E-state index contributed by atoms with van der Waals surface area (Å²) in [5.74, 6) is -0.591. The van der Waals surface area contributed by atoms with E-state index in [0.717, 1.165) is 36.8 Å². The smallest absolute Gasteiger partial charge is 0.134 e. The third-order valence-corrected chi connectivity index (χ3v) is 5.24. The van der Waals surface area contributed by atoms with Crippen molar-refractivity contribution in [3.8, 4) is 22.3 Å². The van der Waals surface area contributed by atoms with Gasteiger partial charge in [0.2, 0.25) is 0 Å².